The fourth-order valence-electron chi connectivity index (χ4n) is 1.90. The summed E-state index contributed by atoms with van der Waals surface area (Å²) in [6, 6.07) is 6.01. The van der Waals surface area contributed by atoms with Crippen LogP contribution in [0.1, 0.15) is 5.56 Å². The number of anilines is 1. The first-order valence-corrected chi connectivity index (χ1v) is 6.94. The summed E-state index contributed by atoms with van der Waals surface area (Å²) in [7, 11) is 0. The Labute approximate surface area is 140 Å². The number of halogens is 3. The molecule has 124 valence electrons. The van der Waals surface area contributed by atoms with Crippen LogP contribution in [0, 0.1) is 21.7 Å². The summed E-state index contributed by atoms with van der Waals surface area (Å²) in [5.41, 5.74) is 0.328. The third-order valence-electron chi connectivity index (χ3n) is 3.03. The van der Waals surface area contributed by atoms with Crippen molar-refractivity contribution in [2.75, 3.05) is 5.32 Å². The number of nitrogens with one attached hydrogen (secondary N) is 1. The molecule has 9 heteroatoms. The third-order valence-corrected chi connectivity index (χ3v) is 3.32. The SMILES string of the molecule is C=NC=Nc1cc(F)c([N+](=O)[O-])cc1CNc1ccc(F)c(Cl)c1. The van der Waals surface area contributed by atoms with Crippen molar-refractivity contribution >= 4 is 41.7 Å². The highest BCUT2D eigenvalue weighted by atomic mass is 35.5. The van der Waals surface area contributed by atoms with E-state index >= 15 is 0 Å². The van der Waals surface area contributed by atoms with Crippen LogP contribution < -0.4 is 5.32 Å². The van der Waals surface area contributed by atoms with E-state index in [-0.39, 0.29) is 17.3 Å². The van der Waals surface area contributed by atoms with Gasteiger partial charge in [0.15, 0.2) is 0 Å². The quantitative estimate of drug-likeness (QED) is 0.360. The summed E-state index contributed by atoms with van der Waals surface area (Å²) in [6.45, 7) is 3.29. The number of nitro benzene ring substituents is 1. The maximum Gasteiger partial charge on any atom is 0.305 e. The van der Waals surface area contributed by atoms with Gasteiger partial charge >= 0.3 is 5.69 Å². The van der Waals surface area contributed by atoms with Crippen molar-refractivity contribution in [3.8, 4) is 0 Å². The van der Waals surface area contributed by atoms with Crippen LogP contribution >= 0.6 is 11.6 Å². The zero-order chi connectivity index (χ0) is 17.7. The van der Waals surface area contributed by atoms with Crippen molar-refractivity contribution in [1.82, 2.24) is 0 Å². The number of hydrogen-bond acceptors (Lipinski definition) is 4. The van der Waals surface area contributed by atoms with E-state index in [4.69, 9.17) is 11.6 Å². The molecule has 0 unspecified atom stereocenters. The van der Waals surface area contributed by atoms with Gasteiger partial charge in [-0.25, -0.2) is 9.38 Å². The molecule has 2 aromatic carbocycles. The van der Waals surface area contributed by atoms with Crippen LogP contribution in [0.15, 0.2) is 40.3 Å². The average molecular weight is 353 g/mol. The van der Waals surface area contributed by atoms with Crippen molar-refractivity contribution < 1.29 is 13.7 Å². The summed E-state index contributed by atoms with van der Waals surface area (Å²) < 4.78 is 26.9. The predicted octanol–water partition coefficient (Wildman–Crippen LogP) is 4.50. The van der Waals surface area contributed by atoms with Gasteiger partial charge in [0.05, 0.1) is 15.6 Å². The molecule has 2 aromatic rings. The lowest BCUT2D eigenvalue weighted by Crippen LogP contribution is -2.02. The molecule has 0 atom stereocenters. The van der Waals surface area contributed by atoms with E-state index in [0.717, 1.165) is 18.5 Å². The fraction of sp³-hybridized carbons (Fsp3) is 0.0667. The Morgan fingerprint density at radius 2 is 2.04 bits per heavy atom. The van der Waals surface area contributed by atoms with Gasteiger partial charge in [-0.05, 0) is 24.9 Å². The molecule has 0 fully saturated rings. The number of nitro groups is 1. The molecule has 0 saturated heterocycles. The zero-order valence-electron chi connectivity index (χ0n) is 12.2. The molecule has 6 nitrogen and oxygen atoms in total. The first kappa shape index (κ1) is 17.5. The molecule has 0 aromatic heterocycles. The maximum absolute atomic E-state index is 13.7. The molecule has 0 aliphatic heterocycles. The molecule has 0 aliphatic carbocycles. The molecule has 0 saturated carbocycles. The molecule has 0 bridgehead atoms. The second-order valence-corrected chi connectivity index (χ2v) is 5.01. The van der Waals surface area contributed by atoms with Gasteiger partial charge in [-0.2, -0.15) is 4.39 Å². The topological polar surface area (TPSA) is 79.9 Å². The monoisotopic (exact) mass is 352 g/mol. The first-order chi connectivity index (χ1) is 11.4. The van der Waals surface area contributed by atoms with Gasteiger partial charge in [-0.3, -0.25) is 15.1 Å². The second-order valence-electron chi connectivity index (χ2n) is 4.60. The van der Waals surface area contributed by atoms with E-state index in [1.165, 1.54) is 18.2 Å². The Morgan fingerprint density at radius 1 is 1.29 bits per heavy atom. The van der Waals surface area contributed by atoms with Gasteiger partial charge in [0.2, 0.25) is 5.82 Å². The Kier molecular flexibility index (Phi) is 5.54. The number of rotatable bonds is 6. The zero-order valence-corrected chi connectivity index (χ0v) is 12.9. The van der Waals surface area contributed by atoms with Crippen molar-refractivity contribution in [1.29, 1.82) is 0 Å². The van der Waals surface area contributed by atoms with E-state index in [1.807, 2.05) is 0 Å². The lowest BCUT2D eigenvalue weighted by Gasteiger charge is -2.10. The lowest BCUT2D eigenvalue weighted by molar-refractivity contribution is -0.387. The van der Waals surface area contributed by atoms with Crippen molar-refractivity contribution in [2.45, 2.75) is 6.54 Å². The number of benzene rings is 2. The van der Waals surface area contributed by atoms with Gasteiger partial charge in [0.1, 0.15) is 12.2 Å². The molecule has 0 aliphatic rings. The summed E-state index contributed by atoms with van der Waals surface area (Å²) in [5, 5.41) is 13.7. The Morgan fingerprint density at radius 3 is 2.67 bits per heavy atom. The smallest absolute Gasteiger partial charge is 0.305 e. The fourth-order valence-corrected chi connectivity index (χ4v) is 2.08. The van der Waals surface area contributed by atoms with Gasteiger partial charge in [-0.1, -0.05) is 11.6 Å². The average Bonchev–Trinajstić information content (AvgIpc) is 2.54. The van der Waals surface area contributed by atoms with Crippen LogP contribution in [0.2, 0.25) is 5.02 Å². The number of aliphatic imine (C=N–C) groups is 2. The molecular weight excluding hydrogens is 342 g/mol. The highest BCUT2D eigenvalue weighted by Gasteiger charge is 2.18. The predicted molar refractivity (Wildman–Crippen MR) is 89.5 cm³/mol. The second kappa shape index (κ2) is 7.60. The molecule has 0 heterocycles. The van der Waals surface area contributed by atoms with E-state index in [2.05, 4.69) is 22.0 Å². The van der Waals surface area contributed by atoms with Crippen molar-refractivity contribution in [3.05, 3.63) is 62.7 Å². The standard InChI is InChI=1S/C15H11ClF2N4O2/c1-19-8-21-14-6-13(18)15(22(23)24)4-9(14)7-20-10-2-3-12(17)11(16)5-10/h2-6,8,20H,1,7H2. The maximum atomic E-state index is 13.7. The van der Waals surface area contributed by atoms with Crippen LogP contribution in [0.4, 0.5) is 25.8 Å². The van der Waals surface area contributed by atoms with Crippen LogP contribution in [0.25, 0.3) is 0 Å². The molecule has 0 spiro atoms. The first-order valence-electron chi connectivity index (χ1n) is 6.56. The van der Waals surface area contributed by atoms with E-state index in [0.29, 0.717) is 11.3 Å². The minimum absolute atomic E-state index is 0.0702. The van der Waals surface area contributed by atoms with Crippen LogP contribution in [-0.4, -0.2) is 18.0 Å². The molecule has 0 amide bonds. The minimum atomic E-state index is -1.01. The van der Waals surface area contributed by atoms with E-state index in [1.54, 1.807) is 0 Å². The summed E-state index contributed by atoms with van der Waals surface area (Å²) in [6.07, 6.45) is 1.10. The van der Waals surface area contributed by atoms with Gasteiger partial charge in [-0.15, -0.1) is 0 Å². The minimum Gasteiger partial charge on any atom is -0.381 e. The summed E-state index contributed by atoms with van der Waals surface area (Å²) in [5.74, 6) is -1.58. The van der Waals surface area contributed by atoms with Crippen LogP contribution in [0.3, 0.4) is 0 Å². The number of hydrogen-bond donors (Lipinski definition) is 1. The lowest BCUT2D eigenvalue weighted by atomic mass is 10.1. The Balaban J connectivity index is 2.33. The molecule has 1 N–H and O–H groups in total. The summed E-state index contributed by atoms with van der Waals surface area (Å²) >= 11 is 5.69. The Hall–Kier alpha value is -2.87. The van der Waals surface area contributed by atoms with E-state index in [9.17, 15) is 18.9 Å². The van der Waals surface area contributed by atoms with Gasteiger partial charge in [0, 0.05) is 29.9 Å². The Bertz CT molecular complexity index is 827. The molecule has 24 heavy (non-hydrogen) atoms. The van der Waals surface area contributed by atoms with E-state index < -0.39 is 22.2 Å². The molecule has 2 rings (SSSR count). The highest BCUT2D eigenvalue weighted by Crippen LogP contribution is 2.29. The highest BCUT2D eigenvalue weighted by molar-refractivity contribution is 6.31. The normalized spacial score (nSPS) is 10.8. The third kappa shape index (κ3) is 4.11. The van der Waals surface area contributed by atoms with Crippen molar-refractivity contribution in [3.63, 3.8) is 0 Å². The van der Waals surface area contributed by atoms with Crippen LogP contribution in [0.5, 0.6) is 0 Å². The number of nitrogens with zero attached hydrogens (tertiary/aromatic N) is 3. The molecular formula is C15H11ClF2N4O2. The molecule has 0 radical (unpaired) electrons. The van der Waals surface area contributed by atoms with Crippen molar-refractivity contribution in [2.24, 2.45) is 9.98 Å². The van der Waals surface area contributed by atoms with Gasteiger partial charge < -0.3 is 5.32 Å². The summed E-state index contributed by atoms with van der Waals surface area (Å²) in [4.78, 5) is 17.4. The largest absolute Gasteiger partial charge is 0.381 e. The van der Waals surface area contributed by atoms with Crippen LogP contribution in [-0.2, 0) is 6.54 Å². The van der Waals surface area contributed by atoms with Gasteiger partial charge in [0.25, 0.3) is 0 Å².